The van der Waals surface area contributed by atoms with Gasteiger partial charge in [-0.25, -0.2) is 9.97 Å². The molecule has 0 spiro atoms. The van der Waals surface area contributed by atoms with Gasteiger partial charge in [-0.3, -0.25) is 24.0 Å². The summed E-state index contributed by atoms with van der Waals surface area (Å²) < 4.78 is 11.4. The molecule has 1 aromatic heterocycles. The van der Waals surface area contributed by atoms with Crippen LogP contribution in [0.1, 0.15) is 67.3 Å². The molecule has 2 bridgehead atoms. The highest BCUT2D eigenvalue weighted by molar-refractivity contribution is 5.98. The number of methoxy groups -OCH3 is 1. The quantitative estimate of drug-likeness (QED) is 0.240. The van der Waals surface area contributed by atoms with E-state index in [0.29, 0.717) is 30.3 Å². The molecule has 0 unspecified atom stereocenters. The van der Waals surface area contributed by atoms with Crippen molar-refractivity contribution in [1.29, 1.82) is 0 Å². The molecule has 4 N–H and O–H groups in total. The van der Waals surface area contributed by atoms with Crippen molar-refractivity contribution >= 4 is 29.5 Å². The minimum absolute atomic E-state index is 0.0758. The lowest BCUT2D eigenvalue weighted by Gasteiger charge is -2.29. The van der Waals surface area contributed by atoms with Gasteiger partial charge >= 0.3 is 0 Å². The number of carbonyl (C=O) groups excluding carboxylic acids is 5. The van der Waals surface area contributed by atoms with E-state index >= 15 is 0 Å². The van der Waals surface area contributed by atoms with Crippen LogP contribution in [0.4, 0.5) is 0 Å². The number of fused-ring (bicyclic) bond motifs is 17. The maximum absolute atomic E-state index is 14.2. The van der Waals surface area contributed by atoms with Gasteiger partial charge in [0.25, 0.3) is 5.91 Å². The maximum Gasteiger partial charge on any atom is 0.255 e. The van der Waals surface area contributed by atoms with Gasteiger partial charge in [0.2, 0.25) is 23.6 Å². The molecule has 14 heteroatoms. The molecule has 3 aliphatic rings. The molecule has 3 aromatic rings. The summed E-state index contributed by atoms with van der Waals surface area (Å²) in [5, 5.41) is 11.5. The van der Waals surface area contributed by atoms with Gasteiger partial charge in [-0.05, 0) is 80.3 Å². The molecular formula is C40H51N7O7. The summed E-state index contributed by atoms with van der Waals surface area (Å²) >= 11 is 0. The molecule has 1 fully saturated rings. The van der Waals surface area contributed by atoms with E-state index in [1.807, 2.05) is 0 Å². The Morgan fingerprint density at radius 3 is 2.28 bits per heavy atom. The summed E-state index contributed by atoms with van der Waals surface area (Å²) in [4.78, 5) is 78.6. The third-order valence-electron chi connectivity index (χ3n) is 9.38. The molecule has 14 nitrogen and oxygen atoms in total. The van der Waals surface area contributed by atoms with Gasteiger partial charge in [-0.15, -0.1) is 0 Å². The minimum Gasteiger partial charge on any atom is -0.497 e. The molecule has 0 saturated heterocycles. The third kappa shape index (κ3) is 11.7. The monoisotopic (exact) mass is 741 g/mol. The Kier molecular flexibility index (Phi) is 13.6. The lowest BCUT2D eigenvalue weighted by atomic mass is 10.0. The standard InChI is InChI=1S/C40H51N7O7/c1-24(2)16-31-23-54-33-14-10-28(11-15-33)18-35(45-37(49)30-19-41-26(4)42-20-30)39(51)46-34(17-27-8-12-32(53-5)13-9-27)38(50)43-25(3)40(52)47(21-29-6-7-29)22-36(48)44-31/h8-15,19-20,24-25,29,31,34-35H,6-7,16-18,21-23H2,1-5H3,(H,43,50)(H,44,48)(H,45,49)(H,46,51)/t25-,31+,34+,35+/m1/s1. The van der Waals surface area contributed by atoms with E-state index in [0.717, 1.165) is 24.0 Å². The van der Waals surface area contributed by atoms with E-state index in [2.05, 4.69) is 45.1 Å². The van der Waals surface area contributed by atoms with E-state index in [1.54, 1.807) is 69.5 Å². The predicted molar refractivity (Wildman–Crippen MR) is 201 cm³/mol. The number of carbonyl (C=O) groups is 5. The van der Waals surface area contributed by atoms with Crippen LogP contribution in [0.2, 0.25) is 0 Å². The van der Waals surface area contributed by atoms with Crippen molar-refractivity contribution in [3.05, 3.63) is 83.4 Å². The molecule has 4 atom stereocenters. The first-order chi connectivity index (χ1) is 25.9. The summed E-state index contributed by atoms with van der Waals surface area (Å²) in [5.74, 6) is -0.256. The summed E-state index contributed by atoms with van der Waals surface area (Å²) in [7, 11) is 1.55. The highest BCUT2D eigenvalue weighted by atomic mass is 16.5. The molecule has 1 saturated carbocycles. The fraction of sp³-hybridized carbons (Fsp3) is 0.475. The van der Waals surface area contributed by atoms with Crippen molar-refractivity contribution < 1.29 is 33.4 Å². The SMILES string of the molecule is COc1ccc(C[C@@H]2NC(=O)[C@@H](NC(=O)c3cnc(C)nc3)Cc3ccc(cc3)OC[C@H](CC(C)C)NC(=O)CN(CC3CC3)C(=O)[C@@H](C)NC2=O)cc1. The van der Waals surface area contributed by atoms with Crippen molar-refractivity contribution in [2.45, 2.75) is 84.0 Å². The van der Waals surface area contributed by atoms with Gasteiger partial charge < -0.3 is 35.6 Å². The number of aryl methyl sites for hydroxylation is 1. The summed E-state index contributed by atoms with van der Waals surface area (Å²) in [5.41, 5.74) is 1.61. The van der Waals surface area contributed by atoms with Crippen LogP contribution in [0.3, 0.4) is 0 Å². The van der Waals surface area contributed by atoms with E-state index in [9.17, 15) is 24.0 Å². The molecule has 0 radical (unpaired) electrons. The lowest BCUT2D eigenvalue weighted by molar-refractivity contribution is -0.140. The zero-order chi connectivity index (χ0) is 38.8. The Labute approximate surface area is 316 Å². The van der Waals surface area contributed by atoms with Crippen LogP contribution >= 0.6 is 0 Å². The Hall–Kier alpha value is -5.53. The normalized spacial score (nSPS) is 21.8. The smallest absolute Gasteiger partial charge is 0.255 e. The van der Waals surface area contributed by atoms with Crippen molar-refractivity contribution in [1.82, 2.24) is 36.1 Å². The van der Waals surface area contributed by atoms with Crippen LogP contribution in [0.5, 0.6) is 11.5 Å². The zero-order valence-electron chi connectivity index (χ0n) is 31.6. The van der Waals surface area contributed by atoms with Crippen LogP contribution in [-0.4, -0.2) is 95.4 Å². The molecule has 54 heavy (non-hydrogen) atoms. The fourth-order valence-corrected chi connectivity index (χ4v) is 6.27. The zero-order valence-corrected chi connectivity index (χ0v) is 31.6. The highest BCUT2D eigenvalue weighted by Crippen LogP contribution is 2.30. The minimum atomic E-state index is -1.14. The van der Waals surface area contributed by atoms with Crippen LogP contribution < -0.4 is 30.7 Å². The fourth-order valence-electron chi connectivity index (χ4n) is 6.27. The Morgan fingerprint density at radius 2 is 1.65 bits per heavy atom. The van der Waals surface area contributed by atoms with E-state index in [1.165, 1.54) is 17.3 Å². The van der Waals surface area contributed by atoms with Gasteiger partial charge in [0.15, 0.2) is 0 Å². The number of aromatic nitrogens is 2. The van der Waals surface area contributed by atoms with Crippen molar-refractivity contribution in [3.63, 3.8) is 0 Å². The number of nitrogens with zero attached hydrogens (tertiary/aromatic N) is 3. The second kappa shape index (κ2) is 18.5. The van der Waals surface area contributed by atoms with Crippen LogP contribution in [0, 0.1) is 18.8 Å². The number of hydrogen-bond donors (Lipinski definition) is 4. The van der Waals surface area contributed by atoms with Gasteiger partial charge in [0.1, 0.15) is 42.1 Å². The summed E-state index contributed by atoms with van der Waals surface area (Å²) in [6.45, 7) is 7.82. The molecule has 1 aliphatic carbocycles. The van der Waals surface area contributed by atoms with Gasteiger partial charge in [0, 0.05) is 31.8 Å². The van der Waals surface area contributed by atoms with Gasteiger partial charge in [0.05, 0.1) is 25.3 Å². The Bertz CT molecular complexity index is 1760. The predicted octanol–water partition coefficient (Wildman–Crippen LogP) is 2.53. The first-order valence-corrected chi connectivity index (χ1v) is 18.5. The summed E-state index contributed by atoms with van der Waals surface area (Å²) in [6.07, 6.45) is 5.50. The molecular weight excluding hydrogens is 690 g/mol. The number of benzene rings is 2. The summed E-state index contributed by atoms with van der Waals surface area (Å²) in [6, 6.07) is 10.6. The van der Waals surface area contributed by atoms with E-state index < -0.39 is 41.8 Å². The molecule has 2 aromatic carbocycles. The molecule has 5 amide bonds. The average Bonchev–Trinajstić information content (AvgIpc) is 3.97. The maximum atomic E-state index is 14.2. The molecule has 3 heterocycles. The Morgan fingerprint density at radius 1 is 0.963 bits per heavy atom. The average molecular weight is 742 g/mol. The van der Waals surface area contributed by atoms with Gasteiger partial charge in [-0.2, -0.15) is 0 Å². The van der Waals surface area contributed by atoms with Crippen molar-refractivity contribution in [3.8, 4) is 11.5 Å². The first-order valence-electron chi connectivity index (χ1n) is 18.5. The Balaban J connectivity index is 1.47. The van der Waals surface area contributed by atoms with E-state index in [4.69, 9.17) is 9.47 Å². The van der Waals surface area contributed by atoms with Crippen LogP contribution in [-0.2, 0) is 32.0 Å². The van der Waals surface area contributed by atoms with Crippen molar-refractivity contribution in [2.75, 3.05) is 26.8 Å². The number of nitrogens with one attached hydrogen (secondary N) is 4. The molecule has 288 valence electrons. The van der Waals surface area contributed by atoms with Gasteiger partial charge in [-0.1, -0.05) is 38.1 Å². The van der Waals surface area contributed by atoms with Crippen LogP contribution in [0.25, 0.3) is 0 Å². The largest absolute Gasteiger partial charge is 0.497 e. The topological polar surface area (TPSA) is 181 Å². The van der Waals surface area contributed by atoms with E-state index in [-0.39, 0.29) is 55.3 Å². The number of amides is 5. The van der Waals surface area contributed by atoms with Crippen molar-refractivity contribution in [2.24, 2.45) is 11.8 Å². The number of rotatable bonds is 9. The lowest BCUT2D eigenvalue weighted by Crippen LogP contribution is -2.58. The number of hydrogen-bond acceptors (Lipinski definition) is 9. The first kappa shape index (κ1) is 39.7. The third-order valence-corrected chi connectivity index (χ3v) is 9.38. The molecule has 6 rings (SSSR count). The second-order valence-corrected chi connectivity index (χ2v) is 14.6. The number of ether oxygens (including phenoxy) is 2. The second-order valence-electron chi connectivity index (χ2n) is 14.6. The highest BCUT2D eigenvalue weighted by Gasteiger charge is 2.34. The molecule has 2 aliphatic heterocycles. The van der Waals surface area contributed by atoms with Crippen LogP contribution in [0.15, 0.2) is 60.9 Å².